The van der Waals surface area contributed by atoms with Crippen molar-refractivity contribution in [2.75, 3.05) is 6.61 Å². The highest BCUT2D eigenvalue weighted by Gasteiger charge is 2.07. The van der Waals surface area contributed by atoms with Crippen LogP contribution in [0, 0.1) is 5.82 Å². The van der Waals surface area contributed by atoms with Gasteiger partial charge < -0.3 is 15.7 Å². The monoisotopic (exact) mass is 289 g/mol. The van der Waals surface area contributed by atoms with Crippen LogP contribution in [0.15, 0.2) is 47.9 Å². The topological polar surface area (TPSA) is 80.7 Å². The Morgan fingerprint density at radius 2 is 2.05 bits per heavy atom. The molecule has 1 heterocycles. The molecular formula is C15H16FN3O2. The number of ether oxygens (including phenoxy) is 1. The fourth-order valence-corrected chi connectivity index (χ4v) is 1.84. The first-order chi connectivity index (χ1) is 10.2. The normalized spacial score (nSPS) is 11.4. The van der Waals surface area contributed by atoms with Gasteiger partial charge in [-0.3, -0.25) is 4.98 Å². The van der Waals surface area contributed by atoms with E-state index in [4.69, 9.17) is 15.7 Å². The molecule has 1 aromatic carbocycles. The maximum atomic E-state index is 13.8. The highest BCUT2D eigenvalue weighted by molar-refractivity contribution is 5.97. The van der Waals surface area contributed by atoms with Crippen LogP contribution in [0.3, 0.4) is 0 Å². The summed E-state index contributed by atoms with van der Waals surface area (Å²) in [4.78, 5) is 3.94. The van der Waals surface area contributed by atoms with Crippen molar-refractivity contribution in [3.8, 4) is 5.75 Å². The molecule has 2 aromatic rings. The average Bonchev–Trinajstić information content (AvgIpc) is 2.53. The first-order valence-corrected chi connectivity index (χ1v) is 6.50. The molecule has 0 spiro atoms. The Labute approximate surface area is 121 Å². The van der Waals surface area contributed by atoms with Crippen LogP contribution in [0.25, 0.3) is 0 Å². The number of hydrogen-bond donors (Lipinski definition) is 2. The first-order valence-electron chi connectivity index (χ1n) is 6.50. The van der Waals surface area contributed by atoms with Crippen molar-refractivity contribution >= 4 is 5.84 Å². The third-order valence-corrected chi connectivity index (χ3v) is 2.95. The van der Waals surface area contributed by atoms with Crippen LogP contribution >= 0.6 is 0 Å². The minimum atomic E-state index is -0.539. The smallest absolute Gasteiger partial charge is 0.170 e. The summed E-state index contributed by atoms with van der Waals surface area (Å²) in [5, 5.41) is 11.4. The highest BCUT2D eigenvalue weighted by atomic mass is 19.1. The van der Waals surface area contributed by atoms with E-state index in [2.05, 4.69) is 10.1 Å². The molecule has 110 valence electrons. The summed E-state index contributed by atoms with van der Waals surface area (Å²) in [5.74, 6) is -0.527. The lowest BCUT2D eigenvalue weighted by Gasteiger charge is -2.08. The molecule has 3 N–H and O–H groups in total. The summed E-state index contributed by atoms with van der Waals surface area (Å²) < 4.78 is 19.2. The molecule has 6 heteroatoms. The maximum Gasteiger partial charge on any atom is 0.170 e. The van der Waals surface area contributed by atoms with Gasteiger partial charge in [0.15, 0.2) is 17.4 Å². The molecule has 0 atom stereocenters. The van der Waals surface area contributed by atoms with Gasteiger partial charge in [0.1, 0.15) is 0 Å². The van der Waals surface area contributed by atoms with Gasteiger partial charge in [-0.1, -0.05) is 5.16 Å². The minimum Gasteiger partial charge on any atom is -0.491 e. The number of amidine groups is 1. The van der Waals surface area contributed by atoms with Gasteiger partial charge >= 0.3 is 0 Å². The van der Waals surface area contributed by atoms with Crippen LogP contribution in [0.2, 0.25) is 0 Å². The molecule has 5 nitrogen and oxygen atoms in total. The Hall–Kier alpha value is -2.63. The molecule has 0 unspecified atom stereocenters. The van der Waals surface area contributed by atoms with Gasteiger partial charge in [0.05, 0.1) is 6.61 Å². The van der Waals surface area contributed by atoms with Crippen LogP contribution in [-0.2, 0) is 6.42 Å². The van der Waals surface area contributed by atoms with E-state index in [9.17, 15) is 4.39 Å². The van der Waals surface area contributed by atoms with Crippen LogP contribution in [-0.4, -0.2) is 22.6 Å². The molecule has 21 heavy (non-hydrogen) atoms. The van der Waals surface area contributed by atoms with E-state index in [0.717, 1.165) is 18.4 Å². The Kier molecular flexibility index (Phi) is 5.09. The largest absolute Gasteiger partial charge is 0.491 e. The predicted octanol–water partition coefficient (Wildman–Crippen LogP) is 2.33. The van der Waals surface area contributed by atoms with Gasteiger partial charge in [0.25, 0.3) is 0 Å². The summed E-state index contributed by atoms with van der Waals surface area (Å²) in [5.41, 5.74) is 6.85. The second-order valence-electron chi connectivity index (χ2n) is 4.44. The van der Waals surface area contributed by atoms with Crippen LogP contribution < -0.4 is 10.5 Å². The van der Waals surface area contributed by atoms with E-state index in [1.807, 2.05) is 12.1 Å². The van der Waals surface area contributed by atoms with Gasteiger partial charge in [0.2, 0.25) is 0 Å². The van der Waals surface area contributed by atoms with Gasteiger partial charge in [-0.15, -0.1) is 0 Å². The average molecular weight is 289 g/mol. The zero-order chi connectivity index (χ0) is 15.1. The number of hydrogen-bond acceptors (Lipinski definition) is 4. The number of halogens is 1. The van der Waals surface area contributed by atoms with E-state index in [1.165, 1.54) is 18.2 Å². The molecule has 0 fully saturated rings. The van der Waals surface area contributed by atoms with Crippen LogP contribution in [0.4, 0.5) is 4.39 Å². The van der Waals surface area contributed by atoms with Crippen molar-refractivity contribution < 1.29 is 14.3 Å². The molecule has 0 aliphatic heterocycles. The maximum absolute atomic E-state index is 13.8. The van der Waals surface area contributed by atoms with Gasteiger partial charge in [0, 0.05) is 18.0 Å². The molecule has 0 saturated carbocycles. The number of nitrogens with two attached hydrogens (primary N) is 1. The second-order valence-corrected chi connectivity index (χ2v) is 4.44. The third-order valence-electron chi connectivity index (χ3n) is 2.95. The number of nitrogens with zero attached hydrogens (tertiary/aromatic N) is 2. The standard InChI is InChI=1S/C15H16FN3O2/c16-13-10-12(15(17)19-20)3-4-14(13)21-9-1-2-11-5-7-18-8-6-11/h3-8,10,20H,1-2,9H2,(H2,17,19). The second kappa shape index (κ2) is 7.23. The van der Waals surface area contributed by atoms with Crippen LogP contribution in [0.5, 0.6) is 5.75 Å². The van der Waals surface area contributed by atoms with Gasteiger partial charge in [-0.05, 0) is 48.7 Å². The van der Waals surface area contributed by atoms with Gasteiger partial charge in [-0.2, -0.15) is 0 Å². The molecule has 0 aliphatic carbocycles. The molecule has 0 amide bonds. The lowest BCUT2D eigenvalue weighted by Crippen LogP contribution is -2.13. The molecule has 1 aromatic heterocycles. The summed E-state index contributed by atoms with van der Waals surface area (Å²) in [6.45, 7) is 0.405. The molecule has 2 rings (SSSR count). The number of aromatic nitrogens is 1. The third kappa shape index (κ3) is 4.17. The number of aryl methyl sites for hydroxylation is 1. The Balaban J connectivity index is 1.86. The van der Waals surface area contributed by atoms with Gasteiger partial charge in [-0.25, -0.2) is 4.39 Å². The van der Waals surface area contributed by atoms with E-state index < -0.39 is 5.82 Å². The molecular weight excluding hydrogens is 273 g/mol. The van der Waals surface area contributed by atoms with E-state index in [0.29, 0.717) is 12.2 Å². The summed E-state index contributed by atoms with van der Waals surface area (Å²) in [6.07, 6.45) is 5.08. The number of pyridine rings is 1. The predicted molar refractivity (Wildman–Crippen MR) is 77.0 cm³/mol. The quantitative estimate of drug-likeness (QED) is 0.281. The van der Waals surface area contributed by atoms with Crippen molar-refractivity contribution in [1.82, 2.24) is 4.98 Å². The minimum absolute atomic E-state index is 0.141. The lowest BCUT2D eigenvalue weighted by atomic mass is 10.1. The zero-order valence-corrected chi connectivity index (χ0v) is 11.4. The van der Waals surface area contributed by atoms with Crippen molar-refractivity contribution in [1.29, 1.82) is 0 Å². The fourth-order valence-electron chi connectivity index (χ4n) is 1.84. The summed E-state index contributed by atoms with van der Waals surface area (Å²) >= 11 is 0. The summed E-state index contributed by atoms with van der Waals surface area (Å²) in [6, 6.07) is 8.05. The zero-order valence-electron chi connectivity index (χ0n) is 11.4. The first kappa shape index (κ1) is 14.8. The van der Waals surface area contributed by atoms with Crippen molar-refractivity contribution in [3.05, 3.63) is 59.7 Å². The Bertz CT molecular complexity index is 618. The number of benzene rings is 1. The van der Waals surface area contributed by atoms with Crippen molar-refractivity contribution in [2.24, 2.45) is 10.9 Å². The van der Waals surface area contributed by atoms with Crippen molar-refractivity contribution in [2.45, 2.75) is 12.8 Å². The highest BCUT2D eigenvalue weighted by Crippen LogP contribution is 2.18. The lowest BCUT2D eigenvalue weighted by molar-refractivity contribution is 0.295. The summed E-state index contributed by atoms with van der Waals surface area (Å²) in [7, 11) is 0. The number of rotatable bonds is 6. The van der Waals surface area contributed by atoms with E-state index in [1.54, 1.807) is 12.4 Å². The Morgan fingerprint density at radius 3 is 2.71 bits per heavy atom. The molecule has 0 saturated heterocycles. The van der Waals surface area contributed by atoms with Crippen LogP contribution in [0.1, 0.15) is 17.5 Å². The molecule has 0 bridgehead atoms. The van der Waals surface area contributed by atoms with E-state index >= 15 is 0 Å². The van der Waals surface area contributed by atoms with E-state index in [-0.39, 0.29) is 11.6 Å². The molecule has 0 aliphatic rings. The molecule has 0 radical (unpaired) electrons. The van der Waals surface area contributed by atoms with Crippen molar-refractivity contribution in [3.63, 3.8) is 0 Å². The number of oxime groups is 1. The SMILES string of the molecule is N/C(=N\O)c1ccc(OCCCc2ccncc2)c(F)c1. The fraction of sp³-hybridized carbons (Fsp3) is 0.200. The Morgan fingerprint density at radius 1 is 1.29 bits per heavy atom.